The summed E-state index contributed by atoms with van der Waals surface area (Å²) in [7, 11) is 0. The third-order valence-electron chi connectivity index (χ3n) is 2.32. The molecule has 16 heavy (non-hydrogen) atoms. The second-order valence-electron chi connectivity index (χ2n) is 3.40. The van der Waals surface area contributed by atoms with Crippen LogP contribution in [0.2, 0.25) is 5.15 Å². The van der Waals surface area contributed by atoms with Crippen molar-refractivity contribution in [3.8, 4) is 0 Å². The molecule has 0 radical (unpaired) electrons. The van der Waals surface area contributed by atoms with E-state index in [-0.39, 0.29) is 10.8 Å². The van der Waals surface area contributed by atoms with Crippen LogP contribution in [0.3, 0.4) is 0 Å². The highest BCUT2D eigenvalue weighted by molar-refractivity contribution is 6.29. The van der Waals surface area contributed by atoms with Gasteiger partial charge in [0, 0.05) is 0 Å². The molecule has 2 aromatic heterocycles. The topological polar surface area (TPSA) is 30.2 Å². The molecule has 86 valence electrons. The minimum absolute atomic E-state index is 0.208. The second-order valence-corrected chi connectivity index (χ2v) is 3.78. The predicted octanol–water partition coefficient (Wildman–Crippen LogP) is 3.02. The average Bonchev–Trinajstić information content (AvgIpc) is 2.42. The average molecular weight is 250 g/mol. The standard InChI is InChI=1S/C9H7ClF3N3/c1-4-5(2)16-8(14-4)6(9(11,12)13)3-7(10)15-16/h3H,1-2H3. The molecule has 0 bridgehead atoms. The molecule has 0 amide bonds. The van der Waals surface area contributed by atoms with E-state index < -0.39 is 11.7 Å². The number of hydrogen-bond acceptors (Lipinski definition) is 2. The Kier molecular flexibility index (Phi) is 2.34. The van der Waals surface area contributed by atoms with Crippen LogP contribution in [0.4, 0.5) is 13.2 Å². The number of rotatable bonds is 0. The fraction of sp³-hybridized carbons (Fsp3) is 0.333. The Hall–Kier alpha value is -1.30. The number of aryl methyl sites for hydroxylation is 2. The Balaban J connectivity index is 2.89. The summed E-state index contributed by atoms with van der Waals surface area (Å²) in [4.78, 5) is 3.84. The van der Waals surface area contributed by atoms with Crippen molar-refractivity contribution in [2.45, 2.75) is 20.0 Å². The van der Waals surface area contributed by atoms with Gasteiger partial charge in [0.25, 0.3) is 0 Å². The summed E-state index contributed by atoms with van der Waals surface area (Å²) < 4.78 is 39.2. The van der Waals surface area contributed by atoms with Gasteiger partial charge in [0.05, 0.1) is 11.4 Å². The molecule has 0 unspecified atom stereocenters. The highest BCUT2D eigenvalue weighted by Crippen LogP contribution is 2.33. The summed E-state index contributed by atoms with van der Waals surface area (Å²) in [5.41, 5.74) is -0.0427. The first-order valence-electron chi connectivity index (χ1n) is 4.40. The zero-order chi connectivity index (χ0) is 12.1. The Bertz CT molecular complexity index is 559. The van der Waals surface area contributed by atoms with E-state index in [1.807, 2.05) is 0 Å². The maximum absolute atomic E-state index is 12.7. The zero-order valence-corrected chi connectivity index (χ0v) is 9.19. The molecule has 0 aromatic carbocycles. The quantitative estimate of drug-likeness (QED) is 0.718. The number of halogens is 4. The zero-order valence-electron chi connectivity index (χ0n) is 8.43. The van der Waals surface area contributed by atoms with Gasteiger partial charge in [0.1, 0.15) is 5.56 Å². The van der Waals surface area contributed by atoms with Crippen molar-refractivity contribution in [1.29, 1.82) is 0 Å². The second kappa shape index (κ2) is 3.35. The maximum atomic E-state index is 12.7. The van der Waals surface area contributed by atoms with Crippen molar-refractivity contribution in [1.82, 2.24) is 14.6 Å². The Morgan fingerprint density at radius 3 is 2.50 bits per heavy atom. The van der Waals surface area contributed by atoms with E-state index in [1.54, 1.807) is 13.8 Å². The maximum Gasteiger partial charge on any atom is 0.420 e. The van der Waals surface area contributed by atoms with Gasteiger partial charge in [-0.3, -0.25) is 0 Å². The molecule has 0 N–H and O–H groups in total. The van der Waals surface area contributed by atoms with Crippen LogP contribution < -0.4 is 0 Å². The summed E-state index contributed by atoms with van der Waals surface area (Å²) in [6.45, 7) is 3.26. The van der Waals surface area contributed by atoms with Gasteiger partial charge >= 0.3 is 6.18 Å². The van der Waals surface area contributed by atoms with Crippen LogP contribution in [0.5, 0.6) is 0 Å². The van der Waals surface area contributed by atoms with Gasteiger partial charge in [-0.2, -0.15) is 18.3 Å². The minimum Gasteiger partial charge on any atom is -0.231 e. The normalized spacial score (nSPS) is 12.4. The number of imidazole rings is 1. The van der Waals surface area contributed by atoms with Crippen LogP contribution in [0.25, 0.3) is 5.65 Å². The molecule has 0 saturated heterocycles. The van der Waals surface area contributed by atoms with Gasteiger partial charge in [0.2, 0.25) is 0 Å². The molecular formula is C9H7ClF3N3. The summed E-state index contributed by atoms with van der Waals surface area (Å²) in [6.07, 6.45) is -4.49. The largest absolute Gasteiger partial charge is 0.420 e. The van der Waals surface area contributed by atoms with Gasteiger partial charge in [-0.1, -0.05) is 11.6 Å². The molecule has 0 aliphatic carbocycles. The van der Waals surface area contributed by atoms with Gasteiger partial charge in [-0.15, -0.1) is 0 Å². The van der Waals surface area contributed by atoms with Crippen molar-refractivity contribution in [3.05, 3.63) is 28.2 Å². The number of nitrogens with zero attached hydrogens (tertiary/aromatic N) is 3. The lowest BCUT2D eigenvalue weighted by atomic mass is 10.3. The smallest absolute Gasteiger partial charge is 0.231 e. The third kappa shape index (κ3) is 1.63. The van der Waals surface area contributed by atoms with Crippen molar-refractivity contribution in [2.24, 2.45) is 0 Å². The monoisotopic (exact) mass is 249 g/mol. The lowest BCUT2D eigenvalue weighted by Gasteiger charge is -2.08. The Labute approximate surface area is 93.9 Å². The van der Waals surface area contributed by atoms with E-state index in [1.165, 1.54) is 0 Å². The first-order valence-corrected chi connectivity index (χ1v) is 4.78. The van der Waals surface area contributed by atoms with Crippen molar-refractivity contribution >= 4 is 17.2 Å². The fourth-order valence-corrected chi connectivity index (χ4v) is 1.60. The SMILES string of the molecule is Cc1nc2c(C(F)(F)F)cc(Cl)nn2c1C. The molecule has 0 fully saturated rings. The van der Waals surface area contributed by atoms with E-state index in [4.69, 9.17) is 11.6 Å². The molecule has 0 aliphatic rings. The predicted molar refractivity (Wildman–Crippen MR) is 52.5 cm³/mol. The third-order valence-corrected chi connectivity index (χ3v) is 2.51. The summed E-state index contributed by atoms with van der Waals surface area (Å²) >= 11 is 5.55. The van der Waals surface area contributed by atoms with Crippen molar-refractivity contribution < 1.29 is 13.2 Å². The highest BCUT2D eigenvalue weighted by Gasteiger charge is 2.35. The summed E-state index contributed by atoms with van der Waals surface area (Å²) in [5.74, 6) is 0. The van der Waals surface area contributed by atoms with E-state index in [9.17, 15) is 13.2 Å². The highest BCUT2D eigenvalue weighted by atomic mass is 35.5. The van der Waals surface area contributed by atoms with E-state index in [0.717, 1.165) is 10.6 Å². The molecule has 2 rings (SSSR count). The van der Waals surface area contributed by atoms with Crippen molar-refractivity contribution in [2.75, 3.05) is 0 Å². The van der Waals surface area contributed by atoms with E-state index in [2.05, 4.69) is 10.1 Å². The van der Waals surface area contributed by atoms with Gasteiger partial charge < -0.3 is 0 Å². The Morgan fingerprint density at radius 1 is 1.31 bits per heavy atom. The molecule has 0 aliphatic heterocycles. The minimum atomic E-state index is -4.49. The van der Waals surface area contributed by atoms with Crippen LogP contribution in [0.1, 0.15) is 17.0 Å². The number of aromatic nitrogens is 3. The van der Waals surface area contributed by atoms with Gasteiger partial charge in [-0.25, -0.2) is 9.50 Å². The van der Waals surface area contributed by atoms with Gasteiger partial charge in [-0.05, 0) is 19.9 Å². The fourth-order valence-electron chi connectivity index (χ4n) is 1.41. The summed E-state index contributed by atoms with van der Waals surface area (Å²) in [6, 6.07) is 0.781. The van der Waals surface area contributed by atoms with Crippen LogP contribution in [-0.2, 0) is 6.18 Å². The summed E-state index contributed by atoms with van der Waals surface area (Å²) in [5, 5.41) is 3.58. The molecule has 0 atom stereocenters. The molecule has 3 nitrogen and oxygen atoms in total. The van der Waals surface area contributed by atoms with Crippen LogP contribution >= 0.6 is 11.6 Å². The first-order chi connectivity index (χ1) is 7.30. The first kappa shape index (κ1) is 11.2. The van der Waals surface area contributed by atoms with E-state index in [0.29, 0.717) is 11.4 Å². The number of hydrogen-bond donors (Lipinski definition) is 0. The van der Waals surface area contributed by atoms with Gasteiger partial charge in [0.15, 0.2) is 10.8 Å². The van der Waals surface area contributed by atoms with Crippen LogP contribution in [0, 0.1) is 13.8 Å². The van der Waals surface area contributed by atoms with Crippen molar-refractivity contribution in [3.63, 3.8) is 0 Å². The lowest BCUT2D eigenvalue weighted by Crippen LogP contribution is -2.09. The number of fused-ring (bicyclic) bond motifs is 1. The number of alkyl halides is 3. The van der Waals surface area contributed by atoms with Crippen LogP contribution in [0.15, 0.2) is 6.07 Å². The molecular weight excluding hydrogens is 243 g/mol. The molecule has 0 spiro atoms. The molecule has 7 heteroatoms. The van der Waals surface area contributed by atoms with Crippen LogP contribution in [-0.4, -0.2) is 14.6 Å². The Morgan fingerprint density at radius 2 is 1.94 bits per heavy atom. The molecule has 2 heterocycles. The van der Waals surface area contributed by atoms with E-state index >= 15 is 0 Å². The molecule has 0 saturated carbocycles. The molecule has 2 aromatic rings. The lowest BCUT2D eigenvalue weighted by molar-refractivity contribution is -0.136.